The Hall–Kier alpha value is -1.47. The summed E-state index contributed by atoms with van der Waals surface area (Å²) in [5.74, 6) is 0. The van der Waals surface area contributed by atoms with Crippen LogP contribution in [0.2, 0.25) is 5.02 Å². The molecular formula is C14H16ClF3N2O2. The Bertz CT molecular complexity index is 543. The molecule has 0 aromatic heterocycles. The van der Waals surface area contributed by atoms with Gasteiger partial charge in [-0.15, -0.1) is 0 Å². The number of aliphatic hydroxyl groups is 1. The van der Waals surface area contributed by atoms with Gasteiger partial charge in [-0.2, -0.15) is 13.2 Å². The Morgan fingerprint density at radius 3 is 2.45 bits per heavy atom. The third-order valence-corrected chi connectivity index (χ3v) is 3.89. The number of halogens is 4. The summed E-state index contributed by atoms with van der Waals surface area (Å²) in [6, 6.07) is 2.54. The number of carbonyl (C=O) groups excluding carboxylic acids is 1. The lowest BCUT2D eigenvalue weighted by molar-refractivity contribution is -0.137. The van der Waals surface area contributed by atoms with Crippen molar-refractivity contribution in [2.45, 2.75) is 44.0 Å². The molecule has 122 valence electrons. The second-order valence-corrected chi connectivity index (χ2v) is 5.70. The minimum absolute atomic E-state index is 0.0186. The number of alkyl halides is 3. The molecule has 1 aliphatic carbocycles. The summed E-state index contributed by atoms with van der Waals surface area (Å²) in [5, 5.41) is 14.0. The normalized spacial score (nSPS) is 22.2. The molecule has 0 saturated heterocycles. The highest BCUT2D eigenvalue weighted by molar-refractivity contribution is 6.31. The van der Waals surface area contributed by atoms with E-state index < -0.39 is 22.8 Å². The van der Waals surface area contributed by atoms with Gasteiger partial charge in [0.25, 0.3) is 0 Å². The highest BCUT2D eigenvalue weighted by atomic mass is 35.5. The van der Waals surface area contributed by atoms with Gasteiger partial charge in [-0.1, -0.05) is 11.6 Å². The molecule has 4 nitrogen and oxygen atoms in total. The largest absolute Gasteiger partial charge is 0.417 e. The van der Waals surface area contributed by atoms with Crippen LogP contribution in [-0.2, 0) is 6.18 Å². The lowest BCUT2D eigenvalue weighted by Crippen LogP contribution is -2.40. The standard InChI is InChI=1S/C14H16ClF3N2O2/c15-12-6-3-9(7-11(12)14(16,17)18)20-13(22)19-8-1-4-10(21)5-2-8/h3,6-8,10,21H,1-2,4-5H2,(H2,19,20,22)/t8-,10+. The maximum atomic E-state index is 12.7. The fourth-order valence-corrected chi connectivity index (χ4v) is 2.62. The third-order valence-electron chi connectivity index (χ3n) is 3.56. The van der Waals surface area contributed by atoms with Crippen molar-refractivity contribution >= 4 is 23.3 Å². The first-order valence-electron chi connectivity index (χ1n) is 6.88. The number of carbonyl (C=O) groups is 1. The fourth-order valence-electron chi connectivity index (χ4n) is 2.39. The van der Waals surface area contributed by atoms with E-state index in [2.05, 4.69) is 10.6 Å². The van der Waals surface area contributed by atoms with Crippen LogP contribution in [0.25, 0.3) is 0 Å². The van der Waals surface area contributed by atoms with Crippen LogP contribution in [0.5, 0.6) is 0 Å². The van der Waals surface area contributed by atoms with Crippen LogP contribution in [-0.4, -0.2) is 23.3 Å². The van der Waals surface area contributed by atoms with Crippen LogP contribution in [0.4, 0.5) is 23.7 Å². The molecule has 1 saturated carbocycles. The van der Waals surface area contributed by atoms with Gasteiger partial charge in [0.15, 0.2) is 0 Å². The summed E-state index contributed by atoms with van der Waals surface area (Å²) in [6.07, 6.45) is -2.43. The van der Waals surface area contributed by atoms with Crippen LogP contribution in [0.1, 0.15) is 31.2 Å². The zero-order chi connectivity index (χ0) is 16.3. The van der Waals surface area contributed by atoms with Gasteiger partial charge in [0.1, 0.15) is 0 Å². The number of rotatable bonds is 2. The number of aliphatic hydroxyl groups excluding tert-OH is 1. The molecule has 3 N–H and O–H groups in total. The van der Waals surface area contributed by atoms with Gasteiger partial charge >= 0.3 is 12.2 Å². The van der Waals surface area contributed by atoms with E-state index in [1.807, 2.05) is 0 Å². The van der Waals surface area contributed by atoms with Crippen molar-refractivity contribution in [2.75, 3.05) is 5.32 Å². The van der Waals surface area contributed by atoms with E-state index in [4.69, 9.17) is 11.6 Å². The molecule has 8 heteroatoms. The predicted octanol–water partition coefficient (Wildman–Crippen LogP) is 3.78. The summed E-state index contributed by atoms with van der Waals surface area (Å²) in [6.45, 7) is 0. The van der Waals surface area contributed by atoms with Gasteiger partial charge in [0.2, 0.25) is 0 Å². The summed E-state index contributed by atoms with van der Waals surface area (Å²) in [5.41, 5.74) is -0.974. The maximum Gasteiger partial charge on any atom is 0.417 e. The molecule has 0 unspecified atom stereocenters. The number of benzene rings is 1. The van der Waals surface area contributed by atoms with Crippen molar-refractivity contribution in [1.29, 1.82) is 0 Å². The molecule has 0 aliphatic heterocycles. The molecule has 0 spiro atoms. The van der Waals surface area contributed by atoms with Gasteiger partial charge in [-0.25, -0.2) is 4.79 Å². The van der Waals surface area contributed by atoms with Gasteiger partial charge in [0.05, 0.1) is 16.7 Å². The van der Waals surface area contributed by atoms with Crippen molar-refractivity contribution in [3.05, 3.63) is 28.8 Å². The predicted molar refractivity (Wildman–Crippen MR) is 76.9 cm³/mol. The van der Waals surface area contributed by atoms with Crippen LogP contribution in [0.15, 0.2) is 18.2 Å². The molecule has 2 rings (SSSR count). The molecule has 0 atom stereocenters. The van der Waals surface area contributed by atoms with E-state index >= 15 is 0 Å². The van der Waals surface area contributed by atoms with E-state index in [1.165, 1.54) is 6.07 Å². The van der Waals surface area contributed by atoms with E-state index in [9.17, 15) is 23.1 Å². The monoisotopic (exact) mass is 336 g/mol. The van der Waals surface area contributed by atoms with Crippen LogP contribution < -0.4 is 10.6 Å². The van der Waals surface area contributed by atoms with Crippen molar-refractivity contribution in [2.24, 2.45) is 0 Å². The zero-order valence-electron chi connectivity index (χ0n) is 11.6. The third kappa shape index (κ3) is 4.51. The molecule has 2 amide bonds. The SMILES string of the molecule is O=C(Nc1ccc(Cl)c(C(F)(F)F)c1)N[C@H]1CC[C@@H](O)CC1. The number of anilines is 1. The van der Waals surface area contributed by atoms with E-state index in [0.717, 1.165) is 12.1 Å². The van der Waals surface area contributed by atoms with Gasteiger partial charge in [-0.3, -0.25) is 0 Å². The Kier molecular flexibility index (Phi) is 5.18. The number of hydrogen-bond acceptors (Lipinski definition) is 2. The Balaban J connectivity index is 1.97. The molecule has 1 aliphatic rings. The minimum atomic E-state index is -4.58. The van der Waals surface area contributed by atoms with Crippen molar-refractivity contribution < 1.29 is 23.1 Å². The van der Waals surface area contributed by atoms with Crippen molar-refractivity contribution in [1.82, 2.24) is 5.32 Å². The second kappa shape index (κ2) is 6.75. The summed E-state index contributed by atoms with van der Waals surface area (Å²) in [4.78, 5) is 11.8. The summed E-state index contributed by atoms with van der Waals surface area (Å²) in [7, 11) is 0. The van der Waals surface area contributed by atoms with Gasteiger partial charge in [-0.05, 0) is 43.9 Å². The quantitative estimate of drug-likeness (QED) is 0.769. The number of urea groups is 1. The van der Waals surface area contributed by atoms with Crippen LogP contribution in [0.3, 0.4) is 0 Å². The zero-order valence-corrected chi connectivity index (χ0v) is 12.3. The first kappa shape index (κ1) is 16.9. The first-order valence-corrected chi connectivity index (χ1v) is 7.26. The van der Waals surface area contributed by atoms with Crippen LogP contribution in [0, 0.1) is 0 Å². The highest BCUT2D eigenvalue weighted by Crippen LogP contribution is 2.36. The summed E-state index contributed by atoms with van der Waals surface area (Å²) < 4.78 is 38.2. The molecular weight excluding hydrogens is 321 g/mol. The average Bonchev–Trinajstić information content (AvgIpc) is 2.42. The topological polar surface area (TPSA) is 61.4 Å². The van der Waals surface area contributed by atoms with Gasteiger partial charge in [0, 0.05) is 11.7 Å². The van der Waals surface area contributed by atoms with Crippen molar-refractivity contribution in [3.63, 3.8) is 0 Å². The molecule has 1 fully saturated rings. The molecule has 1 aromatic carbocycles. The Morgan fingerprint density at radius 2 is 1.86 bits per heavy atom. The lowest BCUT2D eigenvalue weighted by atomic mass is 9.93. The Morgan fingerprint density at radius 1 is 1.23 bits per heavy atom. The molecule has 0 heterocycles. The highest BCUT2D eigenvalue weighted by Gasteiger charge is 2.33. The fraction of sp³-hybridized carbons (Fsp3) is 0.500. The number of hydrogen-bond donors (Lipinski definition) is 3. The lowest BCUT2D eigenvalue weighted by Gasteiger charge is -2.26. The van der Waals surface area contributed by atoms with E-state index in [0.29, 0.717) is 25.7 Å². The molecule has 22 heavy (non-hydrogen) atoms. The van der Waals surface area contributed by atoms with E-state index in [1.54, 1.807) is 0 Å². The smallest absolute Gasteiger partial charge is 0.393 e. The van der Waals surface area contributed by atoms with Crippen LogP contribution >= 0.6 is 11.6 Å². The minimum Gasteiger partial charge on any atom is -0.393 e. The molecule has 1 aromatic rings. The van der Waals surface area contributed by atoms with E-state index in [-0.39, 0.29) is 17.8 Å². The number of nitrogens with one attached hydrogen (secondary N) is 2. The summed E-state index contributed by atoms with van der Waals surface area (Å²) >= 11 is 5.51. The van der Waals surface area contributed by atoms with Crippen molar-refractivity contribution in [3.8, 4) is 0 Å². The maximum absolute atomic E-state index is 12.7. The second-order valence-electron chi connectivity index (χ2n) is 5.30. The first-order chi connectivity index (χ1) is 10.3. The van der Waals surface area contributed by atoms with Gasteiger partial charge < -0.3 is 15.7 Å². The molecule has 0 bridgehead atoms. The molecule has 0 radical (unpaired) electrons. The number of amides is 2. The average molecular weight is 337 g/mol. The Labute approximate surface area is 130 Å².